The van der Waals surface area contributed by atoms with Crippen LogP contribution in [0.2, 0.25) is 0 Å². The van der Waals surface area contributed by atoms with E-state index in [-0.39, 0.29) is 39.4 Å². The van der Waals surface area contributed by atoms with Gasteiger partial charge in [-0.15, -0.1) is 6.42 Å². The van der Waals surface area contributed by atoms with E-state index < -0.39 is 41.7 Å². The van der Waals surface area contributed by atoms with Gasteiger partial charge < -0.3 is 44.4 Å². The molecule has 0 aliphatic rings. The first-order valence-electron chi connectivity index (χ1n) is 15.7. The van der Waals surface area contributed by atoms with Gasteiger partial charge in [-0.3, -0.25) is 19.3 Å². The van der Waals surface area contributed by atoms with Gasteiger partial charge in [0, 0.05) is 6.54 Å². The summed E-state index contributed by atoms with van der Waals surface area (Å²) in [4.78, 5) is 64.1. The summed E-state index contributed by atoms with van der Waals surface area (Å²) in [6.07, 6.45) is 8.85. The molecule has 0 aliphatic carbocycles. The molecule has 0 aliphatic heterocycles. The minimum absolute atomic E-state index is 0.189. The topological polar surface area (TPSA) is 180 Å². The first-order valence-corrected chi connectivity index (χ1v) is 15.7. The van der Waals surface area contributed by atoms with Gasteiger partial charge in [0.1, 0.15) is 18.7 Å². The third kappa shape index (κ3) is 23.1. The van der Waals surface area contributed by atoms with Gasteiger partial charge in [-0.2, -0.15) is 0 Å². The maximum Gasteiger partial charge on any atom is 0.328 e. The zero-order chi connectivity index (χ0) is 34.4. The molecule has 0 aromatic carbocycles. The molecule has 0 heterocycles. The Morgan fingerprint density at radius 3 is 1.48 bits per heavy atom. The lowest BCUT2D eigenvalue weighted by molar-refractivity contribution is -0.146. The second-order valence-corrected chi connectivity index (χ2v) is 10.2. The van der Waals surface area contributed by atoms with Crippen LogP contribution in [0.5, 0.6) is 0 Å². The molecule has 0 aromatic heterocycles. The standard InChI is InChI=1S/C31H54N4O11/c1-6-9-11-25(30(39)41-4)33-28(37)23-35(24-29(38)34-26(12-10-7-2)31(40)42-5)22-27(36)32-13-15-44-17-19-46-21-20-45-18-16-43-14-8-3/h3,25-26H,6-7,9-24H2,1-2,4-5H3,(H,32,36)(H,33,37)(H,34,38)/t25-,26?/m0/s1. The average molecular weight is 659 g/mol. The number of carbonyl (C=O) groups is 5. The summed E-state index contributed by atoms with van der Waals surface area (Å²) in [6, 6.07) is -1.71. The number of unbranched alkanes of at least 4 members (excludes halogenated alkanes) is 2. The number of hydrogen-bond donors (Lipinski definition) is 3. The van der Waals surface area contributed by atoms with Crippen LogP contribution in [0, 0.1) is 12.3 Å². The Morgan fingerprint density at radius 1 is 0.652 bits per heavy atom. The fourth-order valence-electron chi connectivity index (χ4n) is 3.97. The number of terminal acetylenes is 1. The molecule has 0 rings (SSSR count). The molecule has 15 nitrogen and oxygen atoms in total. The van der Waals surface area contributed by atoms with Crippen LogP contribution in [0.25, 0.3) is 0 Å². The van der Waals surface area contributed by atoms with E-state index in [4.69, 9.17) is 34.8 Å². The second-order valence-electron chi connectivity index (χ2n) is 10.2. The van der Waals surface area contributed by atoms with Crippen LogP contribution in [0.4, 0.5) is 0 Å². The van der Waals surface area contributed by atoms with E-state index in [0.29, 0.717) is 65.3 Å². The second kappa shape index (κ2) is 29.1. The Bertz CT molecular complexity index is 869. The van der Waals surface area contributed by atoms with E-state index in [1.54, 1.807) is 0 Å². The zero-order valence-electron chi connectivity index (χ0n) is 27.9. The molecule has 1 unspecified atom stereocenters. The molecular weight excluding hydrogens is 604 g/mol. The number of nitrogens with one attached hydrogen (secondary N) is 3. The number of ether oxygens (including phenoxy) is 6. The molecule has 46 heavy (non-hydrogen) atoms. The van der Waals surface area contributed by atoms with Crippen molar-refractivity contribution in [3.63, 3.8) is 0 Å². The first kappa shape index (κ1) is 42.7. The van der Waals surface area contributed by atoms with Crippen molar-refractivity contribution < 1.29 is 52.4 Å². The molecule has 264 valence electrons. The quantitative estimate of drug-likeness (QED) is 0.0548. The molecule has 0 spiro atoms. The van der Waals surface area contributed by atoms with Crippen molar-refractivity contribution in [3.8, 4) is 12.3 Å². The van der Waals surface area contributed by atoms with E-state index >= 15 is 0 Å². The van der Waals surface area contributed by atoms with Crippen LogP contribution >= 0.6 is 0 Å². The number of amides is 3. The number of carbonyl (C=O) groups excluding carboxylic acids is 5. The summed E-state index contributed by atoms with van der Waals surface area (Å²) in [5.41, 5.74) is 0. The van der Waals surface area contributed by atoms with Gasteiger partial charge in [-0.05, 0) is 12.8 Å². The fourth-order valence-corrected chi connectivity index (χ4v) is 3.97. The number of rotatable bonds is 29. The van der Waals surface area contributed by atoms with E-state index in [9.17, 15) is 24.0 Å². The number of methoxy groups -OCH3 is 2. The molecule has 0 saturated carbocycles. The third-order valence-electron chi connectivity index (χ3n) is 6.31. The smallest absolute Gasteiger partial charge is 0.328 e. The fraction of sp³-hybridized carbons (Fsp3) is 0.774. The SMILES string of the molecule is C#CCOCCOCCOCCOCCNC(=O)CN(CC(=O)NC(CCCC)C(=O)OC)CC(=O)N[C@@H](CCCC)C(=O)OC. The van der Waals surface area contributed by atoms with E-state index in [2.05, 4.69) is 21.9 Å². The van der Waals surface area contributed by atoms with E-state index in [0.717, 1.165) is 12.8 Å². The first-order chi connectivity index (χ1) is 22.2. The maximum atomic E-state index is 12.9. The van der Waals surface area contributed by atoms with Crippen molar-refractivity contribution >= 4 is 29.7 Å². The van der Waals surface area contributed by atoms with Crippen molar-refractivity contribution in [2.24, 2.45) is 0 Å². The average Bonchev–Trinajstić information content (AvgIpc) is 3.04. The summed E-state index contributed by atoms with van der Waals surface area (Å²) in [7, 11) is 2.47. The van der Waals surface area contributed by atoms with Crippen LogP contribution in [-0.2, 0) is 52.4 Å². The lowest BCUT2D eigenvalue weighted by Crippen LogP contribution is -2.51. The highest BCUT2D eigenvalue weighted by Crippen LogP contribution is 2.05. The van der Waals surface area contributed by atoms with Gasteiger partial charge in [0.25, 0.3) is 0 Å². The zero-order valence-corrected chi connectivity index (χ0v) is 27.9. The highest BCUT2D eigenvalue weighted by atomic mass is 16.6. The molecule has 0 saturated heterocycles. The van der Waals surface area contributed by atoms with Crippen LogP contribution in [0.3, 0.4) is 0 Å². The Morgan fingerprint density at radius 2 is 1.07 bits per heavy atom. The Hall–Kier alpha value is -3.29. The lowest BCUT2D eigenvalue weighted by Gasteiger charge is -2.24. The van der Waals surface area contributed by atoms with Crippen LogP contribution < -0.4 is 16.0 Å². The van der Waals surface area contributed by atoms with Gasteiger partial charge in [-0.25, -0.2) is 9.59 Å². The molecule has 2 atom stereocenters. The van der Waals surface area contributed by atoms with Gasteiger partial charge in [0.05, 0.1) is 80.1 Å². The van der Waals surface area contributed by atoms with Crippen molar-refractivity contribution in [1.29, 1.82) is 0 Å². The van der Waals surface area contributed by atoms with Crippen LogP contribution in [-0.4, -0.2) is 140 Å². The van der Waals surface area contributed by atoms with Gasteiger partial charge in [0.2, 0.25) is 17.7 Å². The Kier molecular flexibility index (Phi) is 27.1. The van der Waals surface area contributed by atoms with E-state index in [1.165, 1.54) is 19.1 Å². The maximum absolute atomic E-state index is 12.9. The number of esters is 2. The summed E-state index contributed by atoms with van der Waals surface area (Å²) in [5, 5.41) is 7.95. The molecule has 0 aromatic rings. The predicted octanol–water partition coefficient (Wildman–Crippen LogP) is -0.200. The van der Waals surface area contributed by atoms with Crippen molar-refractivity contribution in [2.75, 3.05) is 93.3 Å². The summed E-state index contributed by atoms with van der Waals surface area (Å²) < 4.78 is 30.9. The number of hydrogen-bond acceptors (Lipinski definition) is 12. The highest BCUT2D eigenvalue weighted by molar-refractivity contribution is 5.88. The lowest BCUT2D eigenvalue weighted by atomic mass is 10.1. The minimum Gasteiger partial charge on any atom is -0.467 e. The third-order valence-corrected chi connectivity index (χ3v) is 6.31. The van der Waals surface area contributed by atoms with Crippen molar-refractivity contribution in [2.45, 2.75) is 64.5 Å². The van der Waals surface area contributed by atoms with Crippen molar-refractivity contribution in [3.05, 3.63) is 0 Å². The van der Waals surface area contributed by atoms with Gasteiger partial charge in [0.15, 0.2) is 0 Å². The molecular formula is C31H54N4O11. The molecule has 0 fully saturated rings. The molecule has 3 N–H and O–H groups in total. The molecule has 0 bridgehead atoms. The summed E-state index contributed by atoms with van der Waals surface area (Å²) in [5.74, 6) is -0.367. The van der Waals surface area contributed by atoms with Crippen LogP contribution in [0.15, 0.2) is 0 Å². The van der Waals surface area contributed by atoms with Crippen molar-refractivity contribution in [1.82, 2.24) is 20.9 Å². The normalized spacial score (nSPS) is 12.1. The molecule has 3 amide bonds. The monoisotopic (exact) mass is 658 g/mol. The summed E-state index contributed by atoms with van der Waals surface area (Å²) in [6.45, 7) is 5.86. The van der Waals surface area contributed by atoms with Gasteiger partial charge >= 0.3 is 11.9 Å². The Labute approximate surface area is 273 Å². The molecule has 15 heteroatoms. The summed E-state index contributed by atoms with van der Waals surface area (Å²) >= 11 is 0. The minimum atomic E-state index is -0.854. The van der Waals surface area contributed by atoms with Crippen LogP contribution in [0.1, 0.15) is 52.4 Å². The number of nitrogens with zero attached hydrogens (tertiary/aromatic N) is 1. The Balaban J connectivity index is 4.86. The van der Waals surface area contributed by atoms with E-state index in [1.807, 2.05) is 13.8 Å². The highest BCUT2D eigenvalue weighted by Gasteiger charge is 2.26. The largest absolute Gasteiger partial charge is 0.467 e. The predicted molar refractivity (Wildman–Crippen MR) is 169 cm³/mol. The van der Waals surface area contributed by atoms with Gasteiger partial charge in [-0.1, -0.05) is 45.5 Å². The molecule has 0 radical (unpaired) electrons.